The molecule has 4 heteroatoms. The lowest BCUT2D eigenvalue weighted by molar-refractivity contribution is -0.129. The summed E-state index contributed by atoms with van der Waals surface area (Å²) >= 11 is 0. The smallest absolute Gasteiger partial charge is 0.410 e. The highest BCUT2D eigenvalue weighted by molar-refractivity contribution is 5.84. The first kappa shape index (κ1) is 13.4. The number of ketones is 1. The summed E-state index contributed by atoms with van der Waals surface area (Å²) in [6.45, 7) is 7.20. The quantitative estimate of drug-likeness (QED) is 0.721. The summed E-state index contributed by atoms with van der Waals surface area (Å²) in [4.78, 5) is 24.7. The molecule has 0 radical (unpaired) electrons. The number of rotatable bonds is 1. The molecule has 102 valence electrons. The van der Waals surface area contributed by atoms with Crippen molar-refractivity contribution in [3.8, 4) is 0 Å². The maximum absolute atomic E-state index is 11.9. The average Bonchev–Trinajstić information content (AvgIpc) is 2.23. The van der Waals surface area contributed by atoms with Crippen LogP contribution in [-0.4, -0.2) is 35.5 Å². The molecule has 18 heavy (non-hydrogen) atoms. The highest BCUT2D eigenvalue weighted by atomic mass is 16.6. The molecule has 1 heterocycles. The predicted octanol–water partition coefficient (Wildman–Crippen LogP) is 2.61. The zero-order chi connectivity index (χ0) is 13.3. The van der Waals surface area contributed by atoms with E-state index >= 15 is 0 Å². The summed E-state index contributed by atoms with van der Waals surface area (Å²) in [5, 5.41) is 0. The van der Waals surface area contributed by atoms with E-state index in [-0.39, 0.29) is 6.09 Å². The van der Waals surface area contributed by atoms with E-state index in [1.54, 1.807) is 4.90 Å². The predicted molar refractivity (Wildman–Crippen MR) is 68.3 cm³/mol. The molecule has 0 spiro atoms. The van der Waals surface area contributed by atoms with Gasteiger partial charge in [0.25, 0.3) is 0 Å². The number of ether oxygens (including phenoxy) is 1. The Morgan fingerprint density at radius 1 is 1.17 bits per heavy atom. The van der Waals surface area contributed by atoms with Crippen molar-refractivity contribution >= 4 is 11.9 Å². The molecule has 1 amide bonds. The molecule has 0 aromatic rings. The van der Waals surface area contributed by atoms with Gasteiger partial charge in [0, 0.05) is 25.9 Å². The number of Topliss-reactive ketones (excluding diaryl/α,β-unsaturated/α-hetero) is 1. The molecule has 2 aliphatic rings. The second-order valence-corrected chi connectivity index (χ2v) is 6.51. The molecule has 2 fully saturated rings. The third kappa shape index (κ3) is 3.24. The van der Waals surface area contributed by atoms with Crippen LogP contribution in [0.5, 0.6) is 0 Å². The lowest BCUT2D eigenvalue weighted by Crippen LogP contribution is -2.44. The molecule has 0 N–H and O–H groups in total. The molecule has 0 aromatic heterocycles. The van der Waals surface area contributed by atoms with Gasteiger partial charge >= 0.3 is 6.09 Å². The average molecular weight is 253 g/mol. The van der Waals surface area contributed by atoms with Crippen LogP contribution >= 0.6 is 0 Å². The number of likely N-dealkylation sites (tertiary alicyclic amines) is 1. The number of amides is 1. The van der Waals surface area contributed by atoms with Crippen LogP contribution in [-0.2, 0) is 9.53 Å². The van der Waals surface area contributed by atoms with Gasteiger partial charge < -0.3 is 9.64 Å². The molecule has 1 saturated heterocycles. The molecule has 2 rings (SSSR count). The molecule has 0 unspecified atom stereocenters. The van der Waals surface area contributed by atoms with E-state index in [2.05, 4.69) is 0 Å². The number of carbonyl (C=O) groups is 2. The fourth-order valence-electron chi connectivity index (χ4n) is 2.74. The lowest BCUT2D eigenvalue weighted by atomic mass is 9.71. The van der Waals surface area contributed by atoms with Crippen molar-refractivity contribution in [2.45, 2.75) is 52.1 Å². The Morgan fingerprint density at radius 3 is 2.17 bits per heavy atom. The van der Waals surface area contributed by atoms with Crippen LogP contribution in [0, 0.1) is 11.8 Å². The maximum atomic E-state index is 11.9. The van der Waals surface area contributed by atoms with Crippen LogP contribution in [0.3, 0.4) is 0 Å². The molecule has 1 aliphatic heterocycles. The SMILES string of the molecule is CC(C)(C)OC(=O)N1CCC(C2CC(=O)C2)CC1. The van der Waals surface area contributed by atoms with Crippen molar-refractivity contribution in [2.75, 3.05) is 13.1 Å². The van der Waals surface area contributed by atoms with E-state index in [0.29, 0.717) is 17.6 Å². The number of hydrogen-bond donors (Lipinski definition) is 0. The van der Waals surface area contributed by atoms with Crippen molar-refractivity contribution in [2.24, 2.45) is 11.8 Å². The summed E-state index contributed by atoms with van der Waals surface area (Å²) in [6, 6.07) is 0. The van der Waals surface area contributed by atoms with E-state index in [0.717, 1.165) is 38.8 Å². The zero-order valence-electron chi connectivity index (χ0n) is 11.6. The van der Waals surface area contributed by atoms with Gasteiger partial charge in [-0.1, -0.05) is 0 Å². The van der Waals surface area contributed by atoms with E-state index in [9.17, 15) is 9.59 Å². The maximum Gasteiger partial charge on any atom is 0.410 e. The second-order valence-electron chi connectivity index (χ2n) is 6.51. The molecule has 1 aliphatic carbocycles. The minimum absolute atomic E-state index is 0.203. The second kappa shape index (κ2) is 4.90. The highest BCUT2D eigenvalue weighted by Gasteiger charge is 2.36. The summed E-state index contributed by atoms with van der Waals surface area (Å²) in [5.41, 5.74) is -0.422. The minimum Gasteiger partial charge on any atom is -0.444 e. The van der Waals surface area contributed by atoms with E-state index in [4.69, 9.17) is 4.74 Å². The van der Waals surface area contributed by atoms with Crippen LogP contribution in [0.15, 0.2) is 0 Å². The zero-order valence-corrected chi connectivity index (χ0v) is 11.6. The van der Waals surface area contributed by atoms with Crippen LogP contribution in [0.25, 0.3) is 0 Å². The fourth-order valence-corrected chi connectivity index (χ4v) is 2.74. The van der Waals surface area contributed by atoms with Gasteiger partial charge in [0.2, 0.25) is 0 Å². The van der Waals surface area contributed by atoms with E-state index in [1.807, 2.05) is 20.8 Å². The van der Waals surface area contributed by atoms with Gasteiger partial charge in [-0.05, 0) is 45.4 Å². The molecule has 0 aromatic carbocycles. The normalized spacial score (nSPS) is 22.8. The molecule has 4 nitrogen and oxygen atoms in total. The minimum atomic E-state index is -0.422. The van der Waals surface area contributed by atoms with Crippen molar-refractivity contribution in [3.63, 3.8) is 0 Å². The number of hydrogen-bond acceptors (Lipinski definition) is 3. The van der Waals surface area contributed by atoms with Crippen LogP contribution in [0.2, 0.25) is 0 Å². The van der Waals surface area contributed by atoms with Crippen molar-refractivity contribution in [1.29, 1.82) is 0 Å². The summed E-state index contributed by atoms with van der Waals surface area (Å²) < 4.78 is 5.36. The molecule has 0 bridgehead atoms. The Kier molecular flexibility index (Phi) is 3.64. The van der Waals surface area contributed by atoms with Gasteiger partial charge in [-0.2, -0.15) is 0 Å². The lowest BCUT2D eigenvalue weighted by Gasteiger charge is -2.39. The third-order valence-corrected chi connectivity index (χ3v) is 3.84. The van der Waals surface area contributed by atoms with E-state index < -0.39 is 5.60 Å². The summed E-state index contributed by atoms with van der Waals surface area (Å²) in [5.74, 6) is 1.61. The Morgan fingerprint density at radius 2 is 1.72 bits per heavy atom. The fraction of sp³-hybridized carbons (Fsp3) is 0.857. The Balaban J connectivity index is 1.76. The number of carbonyl (C=O) groups excluding carboxylic acids is 2. The van der Waals surface area contributed by atoms with Gasteiger partial charge in [-0.15, -0.1) is 0 Å². The molecule has 0 atom stereocenters. The van der Waals surface area contributed by atoms with Crippen LogP contribution in [0.1, 0.15) is 46.5 Å². The summed E-state index contributed by atoms with van der Waals surface area (Å²) in [6.07, 6.45) is 3.34. The van der Waals surface area contributed by atoms with Gasteiger partial charge in [0.15, 0.2) is 0 Å². The van der Waals surface area contributed by atoms with E-state index in [1.165, 1.54) is 0 Å². The first-order valence-corrected chi connectivity index (χ1v) is 6.85. The topological polar surface area (TPSA) is 46.6 Å². The van der Waals surface area contributed by atoms with Gasteiger partial charge in [-0.25, -0.2) is 4.79 Å². The highest BCUT2D eigenvalue weighted by Crippen LogP contribution is 2.36. The Labute approximate surface area is 109 Å². The Bertz CT molecular complexity index is 329. The number of nitrogens with zero attached hydrogens (tertiary/aromatic N) is 1. The number of piperidine rings is 1. The van der Waals surface area contributed by atoms with Crippen LogP contribution < -0.4 is 0 Å². The van der Waals surface area contributed by atoms with Crippen molar-refractivity contribution in [3.05, 3.63) is 0 Å². The molecular formula is C14H23NO3. The molecule has 1 saturated carbocycles. The standard InChI is InChI=1S/C14H23NO3/c1-14(2,3)18-13(17)15-6-4-10(5-7-15)11-8-12(16)9-11/h10-11H,4-9H2,1-3H3. The third-order valence-electron chi connectivity index (χ3n) is 3.84. The first-order valence-electron chi connectivity index (χ1n) is 6.85. The summed E-state index contributed by atoms with van der Waals surface area (Å²) in [7, 11) is 0. The Hall–Kier alpha value is -1.06. The van der Waals surface area contributed by atoms with Gasteiger partial charge in [0.05, 0.1) is 0 Å². The van der Waals surface area contributed by atoms with Gasteiger partial charge in [-0.3, -0.25) is 4.79 Å². The monoisotopic (exact) mass is 253 g/mol. The molecular weight excluding hydrogens is 230 g/mol. The van der Waals surface area contributed by atoms with Crippen LogP contribution in [0.4, 0.5) is 4.79 Å². The van der Waals surface area contributed by atoms with Crippen molar-refractivity contribution in [1.82, 2.24) is 4.90 Å². The largest absolute Gasteiger partial charge is 0.444 e. The van der Waals surface area contributed by atoms with Gasteiger partial charge in [0.1, 0.15) is 11.4 Å². The van der Waals surface area contributed by atoms with Crippen molar-refractivity contribution < 1.29 is 14.3 Å². The first-order chi connectivity index (χ1) is 8.35.